The second-order valence-electron chi connectivity index (χ2n) is 7.84. The molecule has 0 bridgehead atoms. The molecular formula is C23H23N7O3S. The van der Waals surface area contributed by atoms with Crippen LogP contribution in [0.2, 0.25) is 0 Å². The summed E-state index contributed by atoms with van der Waals surface area (Å²) >= 11 is 1.36. The van der Waals surface area contributed by atoms with Crippen LogP contribution in [0.3, 0.4) is 0 Å². The zero-order chi connectivity index (χ0) is 23.8. The van der Waals surface area contributed by atoms with Crippen molar-refractivity contribution in [1.82, 2.24) is 19.9 Å². The van der Waals surface area contributed by atoms with Crippen molar-refractivity contribution in [2.24, 2.45) is 0 Å². The number of hydrogen-bond acceptors (Lipinski definition) is 11. The third-order valence-corrected chi connectivity index (χ3v) is 6.31. The number of benzene rings is 1. The maximum Gasteiger partial charge on any atom is 0.343 e. The van der Waals surface area contributed by atoms with E-state index in [9.17, 15) is 4.79 Å². The molecule has 0 atom stereocenters. The van der Waals surface area contributed by atoms with Crippen LogP contribution in [0.15, 0.2) is 30.6 Å². The largest absolute Gasteiger partial charge is 0.491 e. The van der Waals surface area contributed by atoms with Gasteiger partial charge >= 0.3 is 5.97 Å². The number of rotatable bonds is 4. The predicted octanol–water partition coefficient (Wildman–Crippen LogP) is 3.20. The molecule has 0 spiro atoms. The van der Waals surface area contributed by atoms with E-state index in [0.717, 1.165) is 38.4 Å². The zero-order valence-electron chi connectivity index (χ0n) is 18.7. The van der Waals surface area contributed by atoms with Crippen LogP contribution in [-0.4, -0.2) is 45.7 Å². The fourth-order valence-corrected chi connectivity index (χ4v) is 4.70. The van der Waals surface area contributed by atoms with Crippen LogP contribution in [0, 0.1) is 6.92 Å². The molecule has 174 valence electrons. The number of hydrogen-bond donors (Lipinski definition) is 2. The lowest BCUT2D eigenvalue weighted by molar-refractivity contribution is 0.0526. The van der Waals surface area contributed by atoms with E-state index in [4.69, 9.17) is 20.9 Å². The molecule has 0 radical (unpaired) electrons. The number of nitrogens with two attached hydrogens (primary N) is 2. The molecule has 0 fully saturated rings. The average Bonchev–Trinajstić information content (AvgIpc) is 3.04. The van der Waals surface area contributed by atoms with E-state index >= 15 is 0 Å². The molecule has 1 aliphatic heterocycles. The number of carbonyl (C=O) groups is 1. The van der Waals surface area contributed by atoms with Crippen LogP contribution >= 0.6 is 11.3 Å². The Kier molecular flexibility index (Phi) is 5.62. The third kappa shape index (κ3) is 4.05. The highest BCUT2D eigenvalue weighted by Gasteiger charge is 2.25. The smallest absolute Gasteiger partial charge is 0.343 e. The van der Waals surface area contributed by atoms with Crippen LogP contribution in [0.1, 0.15) is 28.4 Å². The maximum absolute atomic E-state index is 12.5. The van der Waals surface area contributed by atoms with Crippen molar-refractivity contribution in [1.29, 1.82) is 0 Å². The van der Waals surface area contributed by atoms with Crippen molar-refractivity contribution in [2.45, 2.75) is 20.4 Å². The van der Waals surface area contributed by atoms with Crippen molar-refractivity contribution < 1.29 is 14.3 Å². The van der Waals surface area contributed by atoms with Crippen LogP contribution < -0.4 is 21.1 Å². The number of esters is 1. The number of pyridine rings is 1. The fourth-order valence-electron chi connectivity index (χ4n) is 4.04. The van der Waals surface area contributed by atoms with Crippen LogP contribution in [0.4, 0.5) is 16.9 Å². The van der Waals surface area contributed by atoms with Crippen molar-refractivity contribution in [2.75, 3.05) is 36.1 Å². The highest BCUT2D eigenvalue weighted by atomic mass is 32.1. The summed E-state index contributed by atoms with van der Waals surface area (Å²) in [4.78, 5) is 32.5. The number of nitrogen functional groups attached to an aromatic ring is 2. The Morgan fingerprint density at radius 1 is 1.18 bits per heavy atom. The molecule has 10 nitrogen and oxygen atoms in total. The molecule has 0 amide bonds. The van der Waals surface area contributed by atoms with Gasteiger partial charge in [-0.15, -0.1) is 0 Å². The first-order chi connectivity index (χ1) is 16.4. The second-order valence-corrected chi connectivity index (χ2v) is 8.85. The lowest BCUT2D eigenvalue weighted by atomic mass is 9.99. The van der Waals surface area contributed by atoms with Gasteiger partial charge in [0.05, 0.1) is 13.2 Å². The standard InChI is InChI=1S/C23H23N7O3S/c1-3-32-21(31)16-10-27-22(24)29-19(16)30-4-5-33-18-12(2)6-13(7-15(18)11-30)14-8-17-20(26-9-14)34-23(25)28-17/h6-10H,3-5,11H2,1-2H3,(H2,25,28)(H2,24,27,29). The summed E-state index contributed by atoms with van der Waals surface area (Å²) in [5.41, 5.74) is 16.6. The number of nitrogens with zero attached hydrogens (tertiary/aromatic N) is 5. The Balaban J connectivity index is 1.55. The van der Waals surface area contributed by atoms with Gasteiger partial charge in [-0.05, 0) is 43.2 Å². The first-order valence-electron chi connectivity index (χ1n) is 10.8. The molecule has 1 aromatic carbocycles. The predicted molar refractivity (Wildman–Crippen MR) is 131 cm³/mol. The molecule has 11 heteroatoms. The minimum Gasteiger partial charge on any atom is -0.491 e. The van der Waals surface area contributed by atoms with Crippen LogP contribution in [0.25, 0.3) is 21.5 Å². The van der Waals surface area contributed by atoms with E-state index < -0.39 is 5.97 Å². The Labute approximate surface area is 199 Å². The second kappa shape index (κ2) is 8.75. The third-order valence-electron chi connectivity index (χ3n) is 5.50. The number of fused-ring (bicyclic) bond motifs is 2. The minimum atomic E-state index is -0.491. The monoisotopic (exact) mass is 477 g/mol. The lowest BCUT2D eigenvalue weighted by Gasteiger charge is -2.23. The van der Waals surface area contributed by atoms with Gasteiger partial charge in [0.15, 0.2) is 5.13 Å². The van der Waals surface area contributed by atoms with Gasteiger partial charge in [-0.1, -0.05) is 11.3 Å². The molecule has 5 rings (SSSR count). The number of aryl methyl sites for hydroxylation is 1. The van der Waals surface area contributed by atoms with E-state index in [2.05, 4.69) is 32.1 Å². The fraction of sp³-hybridized carbons (Fsp3) is 0.261. The molecule has 0 aliphatic carbocycles. The van der Waals surface area contributed by atoms with Crippen molar-refractivity contribution >= 4 is 44.6 Å². The molecule has 4 N–H and O–H groups in total. The highest BCUT2D eigenvalue weighted by Crippen LogP contribution is 2.35. The summed E-state index contributed by atoms with van der Waals surface area (Å²) in [6.45, 7) is 5.41. The van der Waals surface area contributed by atoms with E-state index in [1.165, 1.54) is 17.5 Å². The molecule has 34 heavy (non-hydrogen) atoms. The molecule has 1 aliphatic rings. The topological polar surface area (TPSA) is 142 Å². The lowest BCUT2D eigenvalue weighted by Crippen LogP contribution is -2.29. The van der Waals surface area contributed by atoms with Gasteiger partial charge in [-0.2, -0.15) is 4.98 Å². The van der Waals surface area contributed by atoms with Crippen LogP contribution in [0.5, 0.6) is 5.75 Å². The molecule has 4 aromatic rings. The summed E-state index contributed by atoms with van der Waals surface area (Å²) in [7, 11) is 0. The summed E-state index contributed by atoms with van der Waals surface area (Å²) in [5.74, 6) is 0.833. The molecular weight excluding hydrogens is 454 g/mol. The minimum absolute atomic E-state index is 0.0836. The van der Waals surface area contributed by atoms with Gasteiger partial charge in [0.1, 0.15) is 34.1 Å². The van der Waals surface area contributed by atoms with Crippen LogP contribution in [-0.2, 0) is 11.3 Å². The number of aromatic nitrogens is 4. The van der Waals surface area contributed by atoms with E-state index in [1.54, 1.807) is 6.92 Å². The Morgan fingerprint density at radius 2 is 2.03 bits per heavy atom. The molecule has 0 saturated heterocycles. The van der Waals surface area contributed by atoms with Gasteiger partial charge in [-0.25, -0.2) is 19.7 Å². The average molecular weight is 478 g/mol. The van der Waals surface area contributed by atoms with Gasteiger partial charge in [0.25, 0.3) is 0 Å². The number of ether oxygens (including phenoxy) is 2. The first-order valence-corrected chi connectivity index (χ1v) is 11.6. The van der Waals surface area contributed by atoms with Gasteiger partial charge in [0, 0.05) is 30.1 Å². The normalized spacial score (nSPS) is 13.3. The Hall–Kier alpha value is -3.99. The van der Waals surface area contributed by atoms with Gasteiger partial charge < -0.3 is 25.8 Å². The van der Waals surface area contributed by atoms with Crippen molar-refractivity contribution in [3.8, 4) is 16.9 Å². The van der Waals surface area contributed by atoms with Gasteiger partial charge in [0.2, 0.25) is 5.95 Å². The number of thiazole rings is 1. The number of carbonyl (C=O) groups excluding carboxylic acids is 1. The summed E-state index contributed by atoms with van der Waals surface area (Å²) in [6.07, 6.45) is 3.23. The van der Waals surface area contributed by atoms with E-state index in [1.807, 2.05) is 24.1 Å². The van der Waals surface area contributed by atoms with Crippen molar-refractivity contribution in [3.05, 3.63) is 47.3 Å². The molecule has 3 aromatic heterocycles. The maximum atomic E-state index is 12.5. The van der Waals surface area contributed by atoms with E-state index in [-0.39, 0.29) is 18.1 Å². The Morgan fingerprint density at radius 3 is 2.85 bits per heavy atom. The SMILES string of the molecule is CCOC(=O)c1cnc(N)nc1N1CCOc2c(C)cc(-c3cnc4sc(N)nc4c3)cc2C1. The van der Waals surface area contributed by atoms with E-state index in [0.29, 0.717) is 30.6 Å². The highest BCUT2D eigenvalue weighted by molar-refractivity contribution is 7.21. The summed E-state index contributed by atoms with van der Waals surface area (Å²) in [6, 6.07) is 6.11. The number of anilines is 3. The zero-order valence-corrected chi connectivity index (χ0v) is 19.6. The van der Waals surface area contributed by atoms with Gasteiger partial charge in [-0.3, -0.25) is 0 Å². The quantitative estimate of drug-likeness (QED) is 0.421. The summed E-state index contributed by atoms with van der Waals surface area (Å²) in [5, 5.41) is 0.489. The molecule has 4 heterocycles. The summed E-state index contributed by atoms with van der Waals surface area (Å²) < 4.78 is 11.3. The molecule has 0 unspecified atom stereocenters. The first kappa shape index (κ1) is 21.8. The van der Waals surface area contributed by atoms with Crippen molar-refractivity contribution in [3.63, 3.8) is 0 Å². The Bertz CT molecular complexity index is 1410. The molecule has 0 saturated carbocycles.